The average Bonchev–Trinajstić information content (AvgIpc) is 3.02. The Morgan fingerprint density at radius 1 is 1.36 bits per heavy atom. The van der Waals surface area contributed by atoms with Crippen LogP contribution in [0.4, 0.5) is 11.4 Å². The van der Waals surface area contributed by atoms with Crippen LogP contribution in [-0.2, 0) is 4.74 Å². The number of methoxy groups -OCH3 is 1. The molecule has 1 fully saturated rings. The number of benzene rings is 1. The van der Waals surface area contributed by atoms with Gasteiger partial charge in [0, 0.05) is 24.8 Å². The first kappa shape index (κ1) is 13.6. The third-order valence-corrected chi connectivity index (χ3v) is 4.53. The normalized spacial score (nSPS) is 24.2. The van der Waals surface area contributed by atoms with Gasteiger partial charge in [0.1, 0.15) is 5.52 Å². The summed E-state index contributed by atoms with van der Waals surface area (Å²) in [5.74, 6) is 0.484. The van der Waals surface area contributed by atoms with Gasteiger partial charge in [-0.3, -0.25) is 0 Å². The maximum Gasteiger partial charge on any atom is 0.112 e. The molecular formula is C17H22N4O. The Bertz CT molecular complexity index is 717. The van der Waals surface area contributed by atoms with Crippen molar-refractivity contribution in [3.63, 3.8) is 0 Å². The van der Waals surface area contributed by atoms with Crippen LogP contribution in [0.25, 0.3) is 11.0 Å². The van der Waals surface area contributed by atoms with Crippen LogP contribution in [0.5, 0.6) is 0 Å². The lowest BCUT2D eigenvalue weighted by Crippen LogP contribution is -2.08. The molecule has 4 rings (SSSR count). The third-order valence-electron chi connectivity index (χ3n) is 4.53. The van der Waals surface area contributed by atoms with E-state index in [0.717, 1.165) is 35.4 Å². The van der Waals surface area contributed by atoms with E-state index in [1.165, 1.54) is 12.8 Å². The van der Waals surface area contributed by atoms with Crippen molar-refractivity contribution < 1.29 is 4.74 Å². The Labute approximate surface area is 130 Å². The third kappa shape index (κ3) is 2.46. The summed E-state index contributed by atoms with van der Waals surface area (Å²) in [7, 11) is 1.75. The van der Waals surface area contributed by atoms with Gasteiger partial charge in [-0.15, -0.1) is 0 Å². The zero-order chi connectivity index (χ0) is 15.1. The second-order valence-electron chi connectivity index (χ2n) is 6.41. The van der Waals surface area contributed by atoms with Crippen LogP contribution < -0.4 is 11.1 Å². The highest BCUT2D eigenvalue weighted by molar-refractivity contribution is 5.92. The highest BCUT2D eigenvalue weighted by Crippen LogP contribution is 2.35. The summed E-state index contributed by atoms with van der Waals surface area (Å²) in [5, 5.41) is 3.54. The van der Waals surface area contributed by atoms with Crippen molar-refractivity contribution >= 4 is 22.4 Å². The maximum absolute atomic E-state index is 6.10. The van der Waals surface area contributed by atoms with Gasteiger partial charge in [0.25, 0.3) is 0 Å². The summed E-state index contributed by atoms with van der Waals surface area (Å²) in [6.07, 6.45) is 9.96. The van der Waals surface area contributed by atoms with E-state index >= 15 is 0 Å². The molecule has 1 aromatic carbocycles. The van der Waals surface area contributed by atoms with Crippen LogP contribution >= 0.6 is 0 Å². The standard InChI is InChI=1S/C17H22N4O/c1-22-9-11-2-5-14(6-11)21-10-19-17-15(20-13-3-4-13)7-12(18)8-16(17)21/h2,5,7-8,10-11,13-14,20H,3-4,6,9,18H2,1H3/t11-,14+/m0/s1. The number of fused-ring (bicyclic) bond motifs is 1. The summed E-state index contributed by atoms with van der Waals surface area (Å²) in [6.45, 7) is 0.774. The predicted octanol–water partition coefficient (Wildman–Crippen LogP) is 2.96. The molecule has 0 aliphatic heterocycles. The zero-order valence-electron chi connectivity index (χ0n) is 12.8. The predicted molar refractivity (Wildman–Crippen MR) is 89.0 cm³/mol. The number of ether oxygens (including phenoxy) is 1. The lowest BCUT2D eigenvalue weighted by Gasteiger charge is -2.15. The summed E-state index contributed by atoms with van der Waals surface area (Å²) in [6, 6.07) is 4.95. The maximum atomic E-state index is 6.10. The van der Waals surface area contributed by atoms with Gasteiger partial charge >= 0.3 is 0 Å². The molecule has 0 saturated heterocycles. The van der Waals surface area contributed by atoms with E-state index in [4.69, 9.17) is 10.5 Å². The molecular weight excluding hydrogens is 276 g/mol. The van der Waals surface area contributed by atoms with E-state index in [1.54, 1.807) is 7.11 Å². The highest BCUT2D eigenvalue weighted by atomic mass is 16.5. The minimum absolute atomic E-state index is 0.334. The first-order valence-corrected chi connectivity index (χ1v) is 7.94. The Morgan fingerprint density at radius 3 is 3.00 bits per heavy atom. The molecule has 1 heterocycles. The lowest BCUT2D eigenvalue weighted by atomic mass is 10.1. The minimum atomic E-state index is 0.334. The van der Waals surface area contributed by atoms with E-state index in [2.05, 4.69) is 27.0 Å². The second-order valence-corrected chi connectivity index (χ2v) is 6.41. The minimum Gasteiger partial charge on any atom is -0.399 e. The quantitative estimate of drug-likeness (QED) is 0.658. The Hall–Kier alpha value is -2.01. The van der Waals surface area contributed by atoms with Crippen LogP contribution in [0.2, 0.25) is 0 Å². The first-order chi connectivity index (χ1) is 10.7. The van der Waals surface area contributed by atoms with Crippen LogP contribution in [0, 0.1) is 5.92 Å². The number of aromatic nitrogens is 2. The molecule has 1 saturated carbocycles. The van der Waals surface area contributed by atoms with Crippen LogP contribution in [0.15, 0.2) is 30.6 Å². The number of nitrogens with zero attached hydrogens (tertiary/aromatic N) is 2. The van der Waals surface area contributed by atoms with Crippen molar-refractivity contribution in [2.45, 2.75) is 31.3 Å². The monoisotopic (exact) mass is 298 g/mol. The van der Waals surface area contributed by atoms with E-state index in [0.29, 0.717) is 18.0 Å². The van der Waals surface area contributed by atoms with E-state index in [9.17, 15) is 0 Å². The number of rotatable bonds is 5. The van der Waals surface area contributed by atoms with Crippen LogP contribution in [-0.4, -0.2) is 29.3 Å². The molecule has 5 heteroatoms. The van der Waals surface area contributed by atoms with Gasteiger partial charge < -0.3 is 20.4 Å². The zero-order valence-corrected chi connectivity index (χ0v) is 12.8. The van der Waals surface area contributed by atoms with Crippen molar-refractivity contribution in [3.05, 3.63) is 30.6 Å². The first-order valence-electron chi connectivity index (χ1n) is 7.94. The number of nitrogens with one attached hydrogen (secondary N) is 1. The van der Waals surface area contributed by atoms with Crippen molar-refractivity contribution in [2.24, 2.45) is 5.92 Å². The Morgan fingerprint density at radius 2 is 2.23 bits per heavy atom. The molecule has 3 N–H and O–H groups in total. The van der Waals surface area contributed by atoms with E-state index in [1.807, 2.05) is 18.5 Å². The number of hydrogen-bond acceptors (Lipinski definition) is 4. The summed E-state index contributed by atoms with van der Waals surface area (Å²) in [4.78, 5) is 4.64. The van der Waals surface area contributed by atoms with E-state index in [-0.39, 0.29) is 0 Å². The Balaban J connectivity index is 1.67. The number of nitrogens with two attached hydrogens (primary N) is 1. The van der Waals surface area contributed by atoms with Gasteiger partial charge in [0.2, 0.25) is 0 Å². The molecule has 1 aromatic heterocycles. The number of allylic oxidation sites excluding steroid dienone is 1. The summed E-state index contributed by atoms with van der Waals surface area (Å²) < 4.78 is 7.49. The smallest absolute Gasteiger partial charge is 0.112 e. The largest absolute Gasteiger partial charge is 0.399 e. The molecule has 0 amide bonds. The number of anilines is 2. The number of imidazole rings is 1. The van der Waals surface area contributed by atoms with Gasteiger partial charge in [-0.05, 0) is 31.4 Å². The molecule has 0 spiro atoms. The van der Waals surface area contributed by atoms with Crippen molar-refractivity contribution in [1.29, 1.82) is 0 Å². The van der Waals surface area contributed by atoms with Gasteiger partial charge in [-0.2, -0.15) is 0 Å². The molecule has 2 aromatic rings. The molecule has 0 radical (unpaired) electrons. The molecule has 116 valence electrons. The number of hydrogen-bond donors (Lipinski definition) is 2. The molecule has 2 aliphatic carbocycles. The molecule has 5 nitrogen and oxygen atoms in total. The molecule has 22 heavy (non-hydrogen) atoms. The average molecular weight is 298 g/mol. The van der Waals surface area contributed by atoms with Gasteiger partial charge in [0.05, 0.1) is 30.2 Å². The van der Waals surface area contributed by atoms with Crippen molar-refractivity contribution in [3.8, 4) is 0 Å². The van der Waals surface area contributed by atoms with E-state index < -0.39 is 0 Å². The molecule has 0 bridgehead atoms. The van der Waals surface area contributed by atoms with Gasteiger partial charge in [0.15, 0.2) is 0 Å². The fraction of sp³-hybridized carbons (Fsp3) is 0.471. The fourth-order valence-corrected chi connectivity index (χ4v) is 3.27. The summed E-state index contributed by atoms with van der Waals surface area (Å²) >= 11 is 0. The topological polar surface area (TPSA) is 65.1 Å². The van der Waals surface area contributed by atoms with Crippen molar-refractivity contribution in [2.75, 3.05) is 24.8 Å². The molecule has 2 atom stereocenters. The van der Waals surface area contributed by atoms with Gasteiger partial charge in [-0.1, -0.05) is 12.2 Å². The second kappa shape index (κ2) is 5.32. The fourth-order valence-electron chi connectivity index (χ4n) is 3.27. The summed E-state index contributed by atoms with van der Waals surface area (Å²) in [5.41, 5.74) is 10.1. The van der Waals surface area contributed by atoms with Crippen molar-refractivity contribution in [1.82, 2.24) is 9.55 Å². The SMILES string of the molecule is COC[C@H]1C=C[C@@H](n2cnc3c(NC4CC4)cc(N)cc32)C1. The van der Waals surface area contributed by atoms with Gasteiger partial charge in [-0.25, -0.2) is 4.98 Å². The van der Waals surface area contributed by atoms with Crippen LogP contribution in [0.1, 0.15) is 25.3 Å². The lowest BCUT2D eigenvalue weighted by molar-refractivity contribution is 0.166. The van der Waals surface area contributed by atoms with Crippen LogP contribution in [0.3, 0.4) is 0 Å². The molecule has 2 aliphatic rings. The highest BCUT2D eigenvalue weighted by Gasteiger charge is 2.25. The molecule has 0 unspecified atom stereocenters. The number of nitrogen functional groups attached to an aromatic ring is 1. The Kier molecular flexibility index (Phi) is 3.30.